The molecule has 0 N–H and O–H groups in total. The fourth-order valence-electron chi connectivity index (χ4n) is 1.91. The van der Waals surface area contributed by atoms with Gasteiger partial charge in [-0.2, -0.15) is 0 Å². The minimum absolute atomic E-state index is 0.205. The molecular formula is C15H18O4. The topological polar surface area (TPSA) is 44.8 Å². The lowest BCUT2D eigenvalue weighted by Crippen LogP contribution is -2.25. The highest BCUT2D eigenvalue weighted by Crippen LogP contribution is 2.26. The first kappa shape index (κ1) is 13.6. The second-order valence-electron chi connectivity index (χ2n) is 4.33. The van der Waals surface area contributed by atoms with Crippen molar-refractivity contribution in [2.75, 3.05) is 13.2 Å². The Morgan fingerprint density at radius 3 is 3.00 bits per heavy atom. The number of hydrogen-bond donors (Lipinski definition) is 0. The van der Waals surface area contributed by atoms with Gasteiger partial charge in [-0.25, -0.2) is 0 Å². The molecule has 19 heavy (non-hydrogen) atoms. The molecular weight excluding hydrogens is 244 g/mol. The monoisotopic (exact) mass is 262 g/mol. The maximum Gasteiger partial charge on any atom is 0.199 e. The third-order valence-electron chi connectivity index (χ3n) is 2.87. The molecule has 0 spiro atoms. The van der Waals surface area contributed by atoms with E-state index in [2.05, 4.69) is 6.58 Å². The van der Waals surface area contributed by atoms with E-state index in [9.17, 15) is 4.79 Å². The second kappa shape index (κ2) is 6.95. The van der Waals surface area contributed by atoms with Crippen LogP contribution in [0.3, 0.4) is 0 Å². The Labute approximate surface area is 113 Å². The lowest BCUT2D eigenvalue weighted by Gasteiger charge is -2.23. The molecule has 0 radical (unpaired) electrons. The highest BCUT2D eigenvalue weighted by Gasteiger charge is 2.16. The van der Waals surface area contributed by atoms with Crippen LogP contribution in [0.4, 0.5) is 0 Å². The third kappa shape index (κ3) is 3.83. The molecule has 4 nitrogen and oxygen atoms in total. The first-order chi connectivity index (χ1) is 9.33. The molecule has 1 aliphatic rings. The summed E-state index contributed by atoms with van der Waals surface area (Å²) >= 11 is 0. The molecule has 2 rings (SSSR count). The molecule has 0 aromatic heterocycles. The van der Waals surface area contributed by atoms with Crippen molar-refractivity contribution in [3.8, 4) is 11.5 Å². The van der Waals surface area contributed by atoms with Crippen LogP contribution < -0.4 is 9.47 Å². The highest BCUT2D eigenvalue weighted by molar-refractivity contribution is 5.79. The molecule has 1 aliphatic heterocycles. The summed E-state index contributed by atoms with van der Waals surface area (Å²) in [6.45, 7) is 4.67. The summed E-state index contributed by atoms with van der Waals surface area (Å²) in [5.74, 6) is 1.15. The van der Waals surface area contributed by atoms with E-state index in [-0.39, 0.29) is 6.29 Å². The van der Waals surface area contributed by atoms with Crippen molar-refractivity contribution in [3.63, 3.8) is 0 Å². The lowest BCUT2D eigenvalue weighted by molar-refractivity contribution is -0.105. The molecule has 0 aliphatic carbocycles. The molecule has 1 aromatic carbocycles. The van der Waals surface area contributed by atoms with Crippen LogP contribution in [0.2, 0.25) is 0 Å². The first-order valence-corrected chi connectivity index (χ1v) is 6.44. The summed E-state index contributed by atoms with van der Waals surface area (Å²) in [6, 6.07) is 5.15. The van der Waals surface area contributed by atoms with E-state index >= 15 is 0 Å². The normalized spacial score (nSPS) is 18.6. The van der Waals surface area contributed by atoms with Crippen LogP contribution in [0.5, 0.6) is 11.5 Å². The third-order valence-corrected chi connectivity index (χ3v) is 2.87. The van der Waals surface area contributed by atoms with E-state index in [4.69, 9.17) is 14.2 Å². The van der Waals surface area contributed by atoms with Crippen LogP contribution >= 0.6 is 0 Å². The maximum absolute atomic E-state index is 10.9. The summed E-state index contributed by atoms with van der Waals surface area (Å²) in [7, 11) is 0. The van der Waals surface area contributed by atoms with Gasteiger partial charge < -0.3 is 14.2 Å². The molecule has 1 atom stereocenters. The van der Waals surface area contributed by atoms with Gasteiger partial charge in [-0.3, -0.25) is 4.79 Å². The zero-order chi connectivity index (χ0) is 13.5. The molecule has 4 heteroatoms. The van der Waals surface area contributed by atoms with E-state index in [1.807, 2.05) is 0 Å². The minimum Gasteiger partial charge on any atom is -0.489 e. The van der Waals surface area contributed by atoms with Crippen molar-refractivity contribution in [1.29, 1.82) is 0 Å². The Hall–Kier alpha value is -1.81. The van der Waals surface area contributed by atoms with Gasteiger partial charge in [-0.05, 0) is 25.0 Å². The number of ether oxygens (including phenoxy) is 3. The van der Waals surface area contributed by atoms with Crippen molar-refractivity contribution in [1.82, 2.24) is 0 Å². The van der Waals surface area contributed by atoms with Crippen molar-refractivity contribution in [2.45, 2.75) is 25.6 Å². The Kier molecular flexibility index (Phi) is 4.98. The number of hydrogen-bond acceptors (Lipinski definition) is 4. The SMILES string of the molecule is C=CCOc1cc(O[C@H]2CCCCO2)ccc1C=O. The summed E-state index contributed by atoms with van der Waals surface area (Å²) < 4.78 is 16.7. The summed E-state index contributed by atoms with van der Waals surface area (Å²) in [6.07, 6.45) is 5.27. The maximum atomic E-state index is 10.9. The molecule has 102 valence electrons. The average Bonchev–Trinajstić information content (AvgIpc) is 2.46. The lowest BCUT2D eigenvalue weighted by atomic mass is 10.2. The fourth-order valence-corrected chi connectivity index (χ4v) is 1.91. The molecule has 1 aromatic rings. The molecule has 0 saturated carbocycles. The van der Waals surface area contributed by atoms with Crippen LogP contribution in [-0.4, -0.2) is 25.8 Å². The zero-order valence-corrected chi connectivity index (χ0v) is 10.8. The van der Waals surface area contributed by atoms with Gasteiger partial charge in [-0.15, -0.1) is 0 Å². The minimum atomic E-state index is -0.205. The van der Waals surface area contributed by atoms with Gasteiger partial charge in [-0.1, -0.05) is 12.7 Å². The molecule has 0 amide bonds. The second-order valence-corrected chi connectivity index (χ2v) is 4.33. The Morgan fingerprint density at radius 1 is 1.42 bits per heavy atom. The van der Waals surface area contributed by atoms with Crippen molar-refractivity contribution in [2.24, 2.45) is 0 Å². The van der Waals surface area contributed by atoms with Gasteiger partial charge >= 0.3 is 0 Å². The number of carbonyl (C=O) groups excluding carboxylic acids is 1. The van der Waals surface area contributed by atoms with Crippen LogP contribution in [0, 0.1) is 0 Å². The van der Waals surface area contributed by atoms with Crippen molar-refractivity contribution >= 4 is 6.29 Å². The summed E-state index contributed by atoms with van der Waals surface area (Å²) in [5, 5.41) is 0. The smallest absolute Gasteiger partial charge is 0.199 e. The quantitative estimate of drug-likeness (QED) is 0.584. The van der Waals surface area contributed by atoms with Gasteiger partial charge in [0.2, 0.25) is 0 Å². The Morgan fingerprint density at radius 2 is 2.32 bits per heavy atom. The van der Waals surface area contributed by atoms with Gasteiger partial charge in [0, 0.05) is 12.5 Å². The molecule has 0 unspecified atom stereocenters. The van der Waals surface area contributed by atoms with E-state index in [0.29, 0.717) is 23.7 Å². The average molecular weight is 262 g/mol. The van der Waals surface area contributed by atoms with E-state index < -0.39 is 0 Å². The summed E-state index contributed by atoms with van der Waals surface area (Å²) in [5.41, 5.74) is 0.499. The van der Waals surface area contributed by atoms with Gasteiger partial charge in [0.1, 0.15) is 18.1 Å². The van der Waals surface area contributed by atoms with Gasteiger partial charge in [0.15, 0.2) is 12.6 Å². The van der Waals surface area contributed by atoms with Crippen LogP contribution in [0.25, 0.3) is 0 Å². The molecule has 1 saturated heterocycles. The fraction of sp³-hybridized carbons (Fsp3) is 0.400. The van der Waals surface area contributed by atoms with Crippen LogP contribution in [0.1, 0.15) is 29.6 Å². The van der Waals surface area contributed by atoms with Crippen molar-refractivity contribution < 1.29 is 19.0 Å². The van der Waals surface area contributed by atoms with E-state index in [1.165, 1.54) is 0 Å². The number of aldehydes is 1. The number of carbonyl (C=O) groups is 1. The van der Waals surface area contributed by atoms with Crippen LogP contribution in [0.15, 0.2) is 30.9 Å². The predicted octanol–water partition coefficient (Wildman–Crippen LogP) is 2.97. The van der Waals surface area contributed by atoms with Gasteiger partial charge in [0.25, 0.3) is 0 Å². The van der Waals surface area contributed by atoms with Gasteiger partial charge in [0.05, 0.1) is 12.2 Å². The molecule has 1 heterocycles. The Bertz CT molecular complexity index is 436. The van der Waals surface area contributed by atoms with E-state index in [0.717, 1.165) is 32.2 Å². The first-order valence-electron chi connectivity index (χ1n) is 6.44. The number of benzene rings is 1. The Balaban J connectivity index is 2.07. The van der Waals surface area contributed by atoms with E-state index in [1.54, 1.807) is 24.3 Å². The predicted molar refractivity (Wildman–Crippen MR) is 71.7 cm³/mol. The highest BCUT2D eigenvalue weighted by atomic mass is 16.7. The molecule has 1 fully saturated rings. The standard InChI is InChI=1S/C15H18O4/c1-2-8-17-14-10-13(7-6-12(14)11-16)19-15-5-3-4-9-18-15/h2,6-7,10-11,15H,1,3-5,8-9H2/t15-/m0/s1. The number of rotatable bonds is 6. The summed E-state index contributed by atoms with van der Waals surface area (Å²) in [4.78, 5) is 10.9. The molecule has 0 bridgehead atoms. The van der Waals surface area contributed by atoms with Crippen molar-refractivity contribution in [3.05, 3.63) is 36.4 Å². The zero-order valence-electron chi connectivity index (χ0n) is 10.8. The van der Waals surface area contributed by atoms with Crippen LogP contribution in [-0.2, 0) is 4.74 Å². The largest absolute Gasteiger partial charge is 0.489 e.